The van der Waals surface area contributed by atoms with Gasteiger partial charge < -0.3 is 5.11 Å². The molecule has 0 radical (unpaired) electrons. The molecular formula is C16H28O. The van der Waals surface area contributed by atoms with Gasteiger partial charge in [0.05, 0.1) is 0 Å². The lowest BCUT2D eigenvalue weighted by molar-refractivity contribution is 0.302. The van der Waals surface area contributed by atoms with Crippen molar-refractivity contribution in [2.75, 3.05) is 6.61 Å². The average molecular weight is 236 g/mol. The van der Waals surface area contributed by atoms with E-state index in [1.807, 2.05) is 12.2 Å². The van der Waals surface area contributed by atoms with Crippen molar-refractivity contribution < 1.29 is 5.11 Å². The maximum absolute atomic E-state index is 8.54. The van der Waals surface area contributed by atoms with Crippen molar-refractivity contribution >= 4 is 0 Å². The smallest absolute Gasteiger partial charge is 0.0471 e. The highest BCUT2D eigenvalue weighted by Crippen LogP contribution is 2.07. The number of allylic oxidation sites excluding steroid dienone is 2. The van der Waals surface area contributed by atoms with E-state index in [1.165, 1.54) is 44.9 Å². The molecule has 0 saturated carbocycles. The highest BCUT2D eigenvalue weighted by atomic mass is 16.2. The predicted octanol–water partition coefficient (Wildman–Crippen LogP) is 4.78. The van der Waals surface area contributed by atoms with Crippen molar-refractivity contribution in [3.8, 4) is 0 Å². The van der Waals surface area contributed by atoms with Gasteiger partial charge in [-0.05, 0) is 37.8 Å². The van der Waals surface area contributed by atoms with Crippen molar-refractivity contribution in [1.29, 1.82) is 0 Å². The van der Waals surface area contributed by atoms with Crippen LogP contribution in [0, 0.1) is 0 Å². The Morgan fingerprint density at radius 1 is 0.882 bits per heavy atom. The largest absolute Gasteiger partial charge is 0.396 e. The molecule has 0 amide bonds. The van der Waals surface area contributed by atoms with Gasteiger partial charge in [-0.3, -0.25) is 0 Å². The second-order valence-electron chi connectivity index (χ2n) is 4.35. The quantitative estimate of drug-likeness (QED) is 0.311. The average Bonchev–Trinajstić information content (AvgIpc) is 2.35. The number of hydrogen-bond donors (Lipinski definition) is 1. The summed E-state index contributed by atoms with van der Waals surface area (Å²) in [5, 5.41) is 8.54. The molecule has 0 aliphatic heterocycles. The van der Waals surface area contributed by atoms with E-state index in [2.05, 4.69) is 24.8 Å². The molecule has 0 unspecified atom stereocenters. The molecule has 0 spiro atoms. The summed E-state index contributed by atoms with van der Waals surface area (Å²) in [6.07, 6.45) is 19.4. The van der Waals surface area contributed by atoms with E-state index in [0.717, 1.165) is 6.42 Å². The van der Waals surface area contributed by atoms with Gasteiger partial charge in [-0.25, -0.2) is 0 Å². The second kappa shape index (κ2) is 15.2. The van der Waals surface area contributed by atoms with Crippen LogP contribution in [0.1, 0.15) is 64.7 Å². The molecule has 0 rings (SSSR count). The van der Waals surface area contributed by atoms with Crippen LogP contribution in [0.15, 0.2) is 30.0 Å². The number of unbranched alkanes of at least 4 members (excludes halogenated alkanes) is 6. The summed E-state index contributed by atoms with van der Waals surface area (Å²) in [7, 11) is 0. The van der Waals surface area contributed by atoms with Crippen LogP contribution in [0.5, 0.6) is 0 Å². The Balaban J connectivity index is 3.22. The third-order valence-corrected chi connectivity index (χ3v) is 2.65. The van der Waals surface area contributed by atoms with Crippen LogP contribution in [-0.2, 0) is 0 Å². The normalized spacial score (nSPS) is 10.5. The lowest BCUT2D eigenvalue weighted by Gasteiger charge is -1.97. The van der Waals surface area contributed by atoms with Crippen molar-refractivity contribution in [3.63, 3.8) is 0 Å². The van der Waals surface area contributed by atoms with Crippen LogP contribution in [0.4, 0.5) is 0 Å². The van der Waals surface area contributed by atoms with Crippen LogP contribution in [0.2, 0.25) is 0 Å². The predicted molar refractivity (Wildman–Crippen MR) is 76.1 cm³/mol. The third kappa shape index (κ3) is 15.2. The molecule has 0 heterocycles. The van der Waals surface area contributed by atoms with Gasteiger partial charge in [-0.1, -0.05) is 51.2 Å². The van der Waals surface area contributed by atoms with E-state index >= 15 is 0 Å². The van der Waals surface area contributed by atoms with Gasteiger partial charge in [0.1, 0.15) is 0 Å². The maximum atomic E-state index is 8.54. The topological polar surface area (TPSA) is 20.2 Å². The Bertz CT molecular complexity index is 222. The summed E-state index contributed by atoms with van der Waals surface area (Å²) in [5.74, 6) is 0. The molecule has 0 aromatic carbocycles. The first-order valence-corrected chi connectivity index (χ1v) is 7.07. The first kappa shape index (κ1) is 16.2. The van der Waals surface area contributed by atoms with E-state index in [-0.39, 0.29) is 6.61 Å². The molecule has 0 bridgehead atoms. The SMILES string of the molecule is CCCCCCCC/C=C\CC=C=CCCO. The van der Waals surface area contributed by atoms with Crippen LogP contribution >= 0.6 is 0 Å². The van der Waals surface area contributed by atoms with Crippen molar-refractivity contribution in [2.24, 2.45) is 0 Å². The maximum Gasteiger partial charge on any atom is 0.0471 e. The number of aliphatic hydroxyl groups excluding tert-OH is 1. The monoisotopic (exact) mass is 236 g/mol. The summed E-state index contributed by atoms with van der Waals surface area (Å²) < 4.78 is 0. The molecular weight excluding hydrogens is 208 g/mol. The minimum atomic E-state index is 0.217. The molecule has 0 aromatic heterocycles. The second-order valence-corrected chi connectivity index (χ2v) is 4.35. The standard InChI is InChI=1S/C16H28O/c1-2-3-4-5-6-7-8-9-10-11-12-13-14-15-16-17/h9-10,12,14,17H,2-8,11,15-16H2,1H3/b10-9-. The number of hydrogen-bond acceptors (Lipinski definition) is 1. The Morgan fingerprint density at radius 2 is 1.65 bits per heavy atom. The van der Waals surface area contributed by atoms with Gasteiger partial charge in [0.25, 0.3) is 0 Å². The first-order chi connectivity index (χ1) is 8.41. The highest BCUT2D eigenvalue weighted by Gasteiger charge is 1.87. The van der Waals surface area contributed by atoms with Gasteiger partial charge in [0.2, 0.25) is 0 Å². The minimum Gasteiger partial charge on any atom is -0.396 e. The van der Waals surface area contributed by atoms with Crippen LogP contribution in [-0.4, -0.2) is 11.7 Å². The Labute approximate surface area is 107 Å². The molecule has 1 heteroatoms. The van der Waals surface area contributed by atoms with Crippen LogP contribution in [0.25, 0.3) is 0 Å². The molecule has 0 atom stereocenters. The van der Waals surface area contributed by atoms with Crippen LogP contribution in [0.3, 0.4) is 0 Å². The summed E-state index contributed by atoms with van der Waals surface area (Å²) in [6, 6.07) is 0. The van der Waals surface area contributed by atoms with E-state index in [9.17, 15) is 0 Å². The number of rotatable bonds is 11. The minimum absolute atomic E-state index is 0.217. The van der Waals surface area contributed by atoms with Crippen LogP contribution < -0.4 is 0 Å². The molecule has 98 valence electrons. The van der Waals surface area contributed by atoms with Gasteiger partial charge >= 0.3 is 0 Å². The molecule has 1 N–H and O–H groups in total. The Hall–Kier alpha value is -0.780. The third-order valence-electron chi connectivity index (χ3n) is 2.65. The van der Waals surface area contributed by atoms with E-state index in [1.54, 1.807) is 0 Å². The van der Waals surface area contributed by atoms with Gasteiger partial charge in [0, 0.05) is 6.61 Å². The Kier molecular flexibility index (Phi) is 14.5. The molecule has 0 saturated heterocycles. The molecule has 17 heavy (non-hydrogen) atoms. The van der Waals surface area contributed by atoms with Crippen molar-refractivity contribution in [1.82, 2.24) is 0 Å². The fourth-order valence-electron chi connectivity index (χ4n) is 1.62. The summed E-state index contributed by atoms with van der Waals surface area (Å²) in [4.78, 5) is 0. The fraction of sp³-hybridized carbons (Fsp3) is 0.688. The lowest BCUT2D eigenvalue weighted by Crippen LogP contribution is -1.77. The summed E-state index contributed by atoms with van der Waals surface area (Å²) >= 11 is 0. The summed E-state index contributed by atoms with van der Waals surface area (Å²) in [5.41, 5.74) is 3.05. The summed E-state index contributed by atoms with van der Waals surface area (Å²) in [6.45, 7) is 2.47. The molecule has 0 aliphatic carbocycles. The molecule has 0 aliphatic rings. The molecule has 1 nitrogen and oxygen atoms in total. The van der Waals surface area contributed by atoms with Gasteiger partial charge in [0.15, 0.2) is 0 Å². The van der Waals surface area contributed by atoms with Gasteiger partial charge in [-0.15, -0.1) is 5.73 Å². The first-order valence-electron chi connectivity index (χ1n) is 7.07. The van der Waals surface area contributed by atoms with E-state index < -0.39 is 0 Å². The van der Waals surface area contributed by atoms with E-state index in [4.69, 9.17) is 5.11 Å². The van der Waals surface area contributed by atoms with Crippen molar-refractivity contribution in [2.45, 2.75) is 64.7 Å². The molecule has 0 fully saturated rings. The zero-order chi connectivity index (χ0) is 12.6. The van der Waals surface area contributed by atoms with E-state index in [0.29, 0.717) is 6.42 Å². The number of aliphatic hydroxyl groups is 1. The fourth-order valence-corrected chi connectivity index (χ4v) is 1.62. The zero-order valence-corrected chi connectivity index (χ0v) is 11.3. The molecule has 0 aromatic rings. The zero-order valence-electron chi connectivity index (χ0n) is 11.3. The lowest BCUT2D eigenvalue weighted by atomic mass is 10.1. The van der Waals surface area contributed by atoms with Crippen molar-refractivity contribution in [3.05, 3.63) is 30.0 Å². The highest BCUT2D eigenvalue weighted by molar-refractivity contribution is 4.93. The Morgan fingerprint density at radius 3 is 2.41 bits per heavy atom. The van der Waals surface area contributed by atoms with Gasteiger partial charge in [-0.2, -0.15) is 0 Å².